The van der Waals surface area contributed by atoms with E-state index in [9.17, 15) is 0 Å². The van der Waals surface area contributed by atoms with E-state index in [0.717, 1.165) is 18.2 Å². The summed E-state index contributed by atoms with van der Waals surface area (Å²) in [6, 6.07) is 8.56. The minimum atomic E-state index is -0.146. The highest BCUT2D eigenvalue weighted by molar-refractivity contribution is 9.09. The first-order valence-corrected chi connectivity index (χ1v) is 6.11. The van der Waals surface area contributed by atoms with Crippen molar-refractivity contribution in [2.45, 2.75) is 19.1 Å². The molecule has 0 aliphatic rings. The molecular formula is C12H17BrO2. The number of alkyl halides is 1. The Hall–Kier alpha value is -0.380. The summed E-state index contributed by atoms with van der Waals surface area (Å²) < 4.78 is 10.3. The Labute approximate surface area is 99.7 Å². The van der Waals surface area contributed by atoms with Crippen molar-refractivity contribution in [3.8, 4) is 0 Å². The van der Waals surface area contributed by atoms with Crippen molar-refractivity contribution in [2.24, 2.45) is 0 Å². The molecule has 1 aromatic carbocycles. The topological polar surface area (TPSA) is 18.5 Å². The first-order chi connectivity index (χ1) is 7.30. The van der Waals surface area contributed by atoms with Crippen molar-refractivity contribution < 1.29 is 9.47 Å². The third-order valence-electron chi connectivity index (χ3n) is 2.33. The van der Waals surface area contributed by atoms with Crippen LogP contribution in [0.4, 0.5) is 0 Å². The lowest BCUT2D eigenvalue weighted by Crippen LogP contribution is -2.15. The first kappa shape index (κ1) is 12.7. The van der Waals surface area contributed by atoms with Crippen LogP contribution in [0.15, 0.2) is 24.3 Å². The van der Waals surface area contributed by atoms with Gasteiger partial charge >= 0.3 is 0 Å². The van der Waals surface area contributed by atoms with E-state index in [1.54, 1.807) is 14.2 Å². The number of hydrogen-bond acceptors (Lipinski definition) is 2. The molecule has 15 heavy (non-hydrogen) atoms. The predicted molar refractivity (Wildman–Crippen MR) is 65.5 cm³/mol. The molecule has 0 bridgehead atoms. The van der Waals surface area contributed by atoms with Crippen molar-refractivity contribution in [1.29, 1.82) is 0 Å². The van der Waals surface area contributed by atoms with Crippen LogP contribution in [-0.4, -0.2) is 25.8 Å². The highest BCUT2D eigenvalue weighted by Crippen LogP contribution is 2.09. The largest absolute Gasteiger partial charge is 0.356 e. The number of ether oxygens (including phenoxy) is 2. The SMILES string of the molecule is COC(Cc1ccc(CCBr)cc1)OC. The monoisotopic (exact) mass is 272 g/mol. The fraction of sp³-hybridized carbons (Fsp3) is 0.500. The van der Waals surface area contributed by atoms with Gasteiger partial charge in [-0.1, -0.05) is 40.2 Å². The summed E-state index contributed by atoms with van der Waals surface area (Å²) in [5.74, 6) is 0. The molecule has 0 aromatic heterocycles. The van der Waals surface area contributed by atoms with E-state index in [1.165, 1.54) is 11.1 Å². The smallest absolute Gasteiger partial charge is 0.160 e. The third-order valence-corrected chi connectivity index (χ3v) is 2.73. The number of hydrogen-bond donors (Lipinski definition) is 0. The molecule has 1 rings (SSSR count). The van der Waals surface area contributed by atoms with Crippen LogP contribution in [-0.2, 0) is 22.3 Å². The Morgan fingerprint density at radius 1 is 1.07 bits per heavy atom. The summed E-state index contributed by atoms with van der Waals surface area (Å²) in [5, 5.41) is 1.01. The van der Waals surface area contributed by atoms with E-state index in [0.29, 0.717) is 0 Å². The van der Waals surface area contributed by atoms with Crippen molar-refractivity contribution in [1.82, 2.24) is 0 Å². The standard InChI is InChI=1S/C12H17BrO2/c1-14-12(15-2)9-11-5-3-10(4-6-11)7-8-13/h3-6,12H,7-9H2,1-2H3. The maximum Gasteiger partial charge on any atom is 0.160 e. The molecular weight excluding hydrogens is 256 g/mol. The second kappa shape index (κ2) is 6.99. The second-order valence-corrected chi connectivity index (χ2v) is 4.15. The molecule has 0 atom stereocenters. The van der Waals surface area contributed by atoms with Gasteiger partial charge in [0.2, 0.25) is 0 Å². The Bertz CT molecular complexity index is 267. The van der Waals surface area contributed by atoms with E-state index >= 15 is 0 Å². The summed E-state index contributed by atoms with van der Waals surface area (Å²) in [6.45, 7) is 0. The van der Waals surface area contributed by atoms with Gasteiger partial charge in [0.05, 0.1) is 0 Å². The van der Waals surface area contributed by atoms with Gasteiger partial charge in [-0.25, -0.2) is 0 Å². The van der Waals surface area contributed by atoms with Crippen LogP contribution in [0.25, 0.3) is 0 Å². The van der Waals surface area contributed by atoms with Gasteiger partial charge in [-0.15, -0.1) is 0 Å². The average Bonchev–Trinajstić information content (AvgIpc) is 2.28. The third kappa shape index (κ3) is 4.33. The van der Waals surface area contributed by atoms with Crippen LogP contribution >= 0.6 is 15.9 Å². The van der Waals surface area contributed by atoms with Gasteiger partial charge in [-0.05, 0) is 17.5 Å². The Morgan fingerprint density at radius 2 is 1.60 bits per heavy atom. The highest BCUT2D eigenvalue weighted by Gasteiger charge is 2.05. The summed E-state index contributed by atoms with van der Waals surface area (Å²) >= 11 is 3.43. The molecule has 2 nitrogen and oxygen atoms in total. The zero-order valence-corrected chi connectivity index (χ0v) is 10.8. The Morgan fingerprint density at radius 3 is 2.07 bits per heavy atom. The van der Waals surface area contributed by atoms with Gasteiger partial charge in [0, 0.05) is 26.0 Å². The first-order valence-electron chi connectivity index (χ1n) is 4.99. The normalized spacial score (nSPS) is 10.9. The van der Waals surface area contributed by atoms with Crippen molar-refractivity contribution in [3.63, 3.8) is 0 Å². The van der Waals surface area contributed by atoms with Crippen LogP contribution in [0, 0.1) is 0 Å². The average molecular weight is 273 g/mol. The molecule has 0 unspecified atom stereocenters. The van der Waals surface area contributed by atoms with Gasteiger partial charge in [0.1, 0.15) is 0 Å². The number of methoxy groups -OCH3 is 2. The highest BCUT2D eigenvalue weighted by atomic mass is 79.9. The molecule has 0 radical (unpaired) electrons. The van der Waals surface area contributed by atoms with E-state index in [2.05, 4.69) is 40.2 Å². The summed E-state index contributed by atoms with van der Waals surface area (Å²) in [5.41, 5.74) is 2.59. The Kier molecular flexibility index (Phi) is 5.91. The maximum atomic E-state index is 5.15. The van der Waals surface area contributed by atoms with E-state index in [1.807, 2.05) is 0 Å². The lowest BCUT2D eigenvalue weighted by molar-refractivity contribution is -0.100. The molecule has 0 N–H and O–H groups in total. The zero-order chi connectivity index (χ0) is 11.1. The Balaban J connectivity index is 2.55. The predicted octanol–water partition coefficient (Wildman–Crippen LogP) is 2.79. The molecule has 0 saturated carbocycles. The van der Waals surface area contributed by atoms with Crippen molar-refractivity contribution in [2.75, 3.05) is 19.5 Å². The van der Waals surface area contributed by atoms with Crippen molar-refractivity contribution >= 4 is 15.9 Å². The summed E-state index contributed by atoms with van der Waals surface area (Å²) in [6.07, 6.45) is 1.71. The second-order valence-electron chi connectivity index (χ2n) is 3.36. The summed E-state index contributed by atoms with van der Waals surface area (Å²) in [7, 11) is 3.32. The molecule has 0 aliphatic heterocycles. The van der Waals surface area contributed by atoms with Crippen LogP contribution in [0.5, 0.6) is 0 Å². The fourth-order valence-corrected chi connectivity index (χ4v) is 1.86. The van der Waals surface area contributed by atoms with Gasteiger partial charge in [-0.3, -0.25) is 0 Å². The minimum absolute atomic E-state index is 0.146. The van der Waals surface area contributed by atoms with Crippen LogP contribution in [0.1, 0.15) is 11.1 Å². The molecule has 1 aromatic rings. The molecule has 0 amide bonds. The maximum absolute atomic E-state index is 5.15. The molecule has 0 aliphatic carbocycles. The zero-order valence-electron chi connectivity index (χ0n) is 9.20. The quantitative estimate of drug-likeness (QED) is 0.586. The lowest BCUT2D eigenvalue weighted by Gasteiger charge is -2.13. The molecule has 3 heteroatoms. The van der Waals surface area contributed by atoms with Gasteiger partial charge < -0.3 is 9.47 Å². The summed E-state index contributed by atoms with van der Waals surface area (Å²) in [4.78, 5) is 0. The molecule has 0 saturated heterocycles. The van der Waals surface area contributed by atoms with Crippen molar-refractivity contribution in [3.05, 3.63) is 35.4 Å². The van der Waals surface area contributed by atoms with Crippen LogP contribution < -0.4 is 0 Å². The fourth-order valence-electron chi connectivity index (χ4n) is 1.41. The number of aryl methyl sites for hydroxylation is 1. The van der Waals surface area contributed by atoms with Gasteiger partial charge in [-0.2, -0.15) is 0 Å². The van der Waals surface area contributed by atoms with Gasteiger partial charge in [0.25, 0.3) is 0 Å². The molecule has 0 spiro atoms. The van der Waals surface area contributed by atoms with E-state index < -0.39 is 0 Å². The van der Waals surface area contributed by atoms with Crippen LogP contribution in [0.2, 0.25) is 0 Å². The lowest BCUT2D eigenvalue weighted by atomic mass is 10.1. The number of benzene rings is 1. The van der Waals surface area contributed by atoms with E-state index in [-0.39, 0.29) is 6.29 Å². The van der Waals surface area contributed by atoms with E-state index in [4.69, 9.17) is 9.47 Å². The number of halogens is 1. The molecule has 0 heterocycles. The molecule has 0 fully saturated rings. The minimum Gasteiger partial charge on any atom is -0.356 e. The number of rotatable bonds is 6. The van der Waals surface area contributed by atoms with Crippen LogP contribution in [0.3, 0.4) is 0 Å². The van der Waals surface area contributed by atoms with Gasteiger partial charge in [0.15, 0.2) is 6.29 Å². The molecule has 84 valence electrons.